The predicted molar refractivity (Wildman–Crippen MR) is 97.9 cm³/mol. The second-order valence-electron chi connectivity index (χ2n) is 5.62. The van der Waals surface area contributed by atoms with Crippen LogP contribution in [-0.4, -0.2) is 41.6 Å². The molecular weight excluding hydrogens is 406 g/mol. The van der Waals surface area contributed by atoms with E-state index in [1.54, 1.807) is 4.72 Å². The number of azo groups is 1. The fraction of sp³-hybridized carbons (Fsp3) is 0.118. The van der Waals surface area contributed by atoms with E-state index in [0.29, 0.717) is 0 Å². The maximum absolute atomic E-state index is 12.1. The molecule has 12 heteroatoms. The molecule has 0 heterocycles. The molecule has 4 N–H and O–H groups in total. The van der Waals surface area contributed by atoms with E-state index in [9.17, 15) is 27.9 Å². The Labute approximate surface area is 164 Å². The first-order valence-electron chi connectivity index (χ1n) is 7.94. The molecule has 0 radical (unpaired) electrons. The lowest BCUT2D eigenvalue weighted by atomic mass is 10.2. The Morgan fingerprint density at radius 3 is 2.07 bits per heavy atom. The van der Waals surface area contributed by atoms with Crippen LogP contribution in [0.1, 0.15) is 23.2 Å². The number of carboxylic acids is 2. The van der Waals surface area contributed by atoms with Crippen molar-refractivity contribution in [3.05, 3.63) is 48.0 Å². The number of nitrogens with zero attached hydrogens (tertiary/aromatic N) is 2. The van der Waals surface area contributed by atoms with Crippen LogP contribution < -0.4 is 4.72 Å². The van der Waals surface area contributed by atoms with Gasteiger partial charge in [-0.15, -0.1) is 0 Å². The Morgan fingerprint density at radius 1 is 0.897 bits per heavy atom. The van der Waals surface area contributed by atoms with Crippen LogP contribution >= 0.6 is 0 Å². The van der Waals surface area contributed by atoms with Crippen molar-refractivity contribution in [1.82, 2.24) is 4.72 Å². The van der Waals surface area contributed by atoms with Crippen molar-refractivity contribution in [2.45, 2.75) is 17.7 Å². The number of sulfonamides is 1. The lowest BCUT2D eigenvalue weighted by Crippen LogP contribution is -2.30. The first-order valence-corrected chi connectivity index (χ1v) is 9.42. The van der Waals surface area contributed by atoms with Gasteiger partial charge in [-0.3, -0.25) is 9.59 Å². The summed E-state index contributed by atoms with van der Waals surface area (Å²) in [4.78, 5) is 32.7. The highest BCUT2D eigenvalue weighted by atomic mass is 32.2. The van der Waals surface area contributed by atoms with Crippen LogP contribution in [0.2, 0.25) is 0 Å². The molecule has 0 aliphatic rings. The zero-order valence-electron chi connectivity index (χ0n) is 14.6. The van der Waals surface area contributed by atoms with Crippen LogP contribution in [0.25, 0.3) is 0 Å². The Balaban J connectivity index is 2.11. The quantitative estimate of drug-likeness (QED) is 0.467. The molecule has 1 amide bonds. The molecule has 0 aromatic heterocycles. The number of hydrogen-bond donors (Lipinski definition) is 4. The standard InChI is InChI=1S/C17H15N3O8S/c21-14-6-3-11(9-13(14)17(25)26)19-18-10-1-4-12(5-2-10)29(27,28)20-15(22)7-8-16(23)24/h1-6,9,21H,7-8H2,(H,20,22)(H,23,24)(H,25,26). The zero-order chi connectivity index (χ0) is 21.6. The second-order valence-corrected chi connectivity index (χ2v) is 7.31. The third kappa shape index (κ3) is 6.10. The van der Waals surface area contributed by atoms with Crippen molar-refractivity contribution in [3.63, 3.8) is 0 Å². The average Bonchev–Trinajstić information content (AvgIpc) is 2.65. The van der Waals surface area contributed by atoms with Crippen molar-refractivity contribution in [3.8, 4) is 5.75 Å². The number of aliphatic carboxylic acids is 1. The number of carbonyl (C=O) groups excluding carboxylic acids is 1. The molecule has 0 bridgehead atoms. The van der Waals surface area contributed by atoms with E-state index < -0.39 is 46.5 Å². The van der Waals surface area contributed by atoms with Gasteiger partial charge in [-0.1, -0.05) is 0 Å². The van der Waals surface area contributed by atoms with Gasteiger partial charge in [-0.05, 0) is 42.5 Å². The van der Waals surface area contributed by atoms with E-state index in [1.807, 2.05) is 0 Å². The number of carboxylic acid groups (broad SMARTS) is 2. The number of rotatable bonds is 8. The molecule has 2 rings (SSSR count). The second kappa shape index (κ2) is 8.93. The van der Waals surface area contributed by atoms with Crippen molar-refractivity contribution in [2.24, 2.45) is 10.2 Å². The van der Waals surface area contributed by atoms with Crippen LogP contribution in [-0.2, 0) is 19.6 Å². The molecule has 0 saturated carbocycles. The maximum Gasteiger partial charge on any atom is 0.339 e. The van der Waals surface area contributed by atoms with Gasteiger partial charge in [-0.25, -0.2) is 17.9 Å². The SMILES string of the molecule is O=C(O)CCC(=O)NS(=O)(=O)c1ccc(N=Nc2ccc(O)c(C(=O)O)c2)cc1. The van der Waals surface area contributed by atoms with Crippen LogP contribution in [0.4, 0.5) is 11.4 Å². The van der Waals surface area contributed by atoms with Gasteiger partial charge >= 0.3 is 11.9 Å². The van der Waals surface area contributed by atoms with E-state index in [0.717, 1.165) is 12.1 Å². The van der Waals surface area contributed by atoms with Gasteiger partial charge < -0.3 is 15.3 Å². The fourth-order valence-corrected chi connectivity index (χ4v) is 3.06. The van der Waals surface area contributed by atoms with Crippen LogP contribution in [0.3, 0.4) is 0 Å². The minimum absolute atomic E-state index is 0.155. The molecule has 0 fully saturated rings. The maximum atomic E-state index is 12.1. The normalized spacial score (nSPS) is 11.3. The molecule has 0 saturated heterocycles. The molecule has 152 valence electrons. The molecule has 11 nitrogen and oxygen atoms in total. The first kappa shape index (κ1) is 21.5. The van der Waals surface area contributed by atoms with Gasteiger partial charge in [0.05, 0.1) is 22.7 Å². The summed E-state index contributed by atoms with van der Waals surface area (Å²) < 4.78 is 26.0. The van der Waals surface area contributed by atoms with Gasteiger partial charge in [-0.2, -0.15) is 10.2 Å². The third-order valence-electron chi connectivity index (χ3n) is 3.45. The summed E-state index contributed by atoms with van der Waals surface area (Å²) in [6.07, 6.45) is -0.979. The number of aromatic hydroxyl groups is 1. The van der Waals surface area contributed by atoms with E-state index in [2.05, 4.69) is 10.2 Å². The van der Waals surface area contributed by atoms with Crippen LogP contribution in [0, 0.1) is 0 Å². The summed E-state index contributed by atoms with van der Waals surface area (Å²) in [5.74, 6) is -3.93. The third-order valence-corrected chi connectivity index (χ3v) is 4.84. The molecule has 29 heavy (non-hydrogen) atoms. The van der Waals surface area contributed by atoms with Gasteiger partial charge in [0.2, 0.25) is 5.91 Å². The highest BCUT2D eigenvalue weighted by Crippen LogP contribution is 2.25. The van der Waals surface area contributed by atoms with E-state index in [4.69, 9.17) is 10.2 Å². The van der Waals surface area contributed by atoms with Crippen molar-refractivity contribution < 1.29 is 38.1 Å². The number of benzene rings is 2. The summed E-state index contributed by atoms with van der Waals surface area (Å²) >= 11 is 0. The minimum atomic E-state index is -4.17. The van der Waals surface area contributed by atoms with E-state index in [1.165, 1.54) is 30.3 Å². The molecule has 0 aliphatic carbocycles. The van der Waals surface area contributed by atoms with Crippen molar-refractivity contribution >= 4 is 39.2 Å². The highest BCUT2D eigenvalue weighted by Gasteiger charge is 2.18. The average molecular weight is 421 g/mol. The van der Waals surface area contributed by atoms with Gasteiger partial charge in [0.15, 0.2) is 0 Å². The Kier molecular flexibility index (Phi) is 6.62. The number of amides is 1. The lowest BCUT2D eigenvalue weighted by molar-refractivity contribution is -0.138. The largest absolute Gasteiger partial charge is 0.507 e. The van der Waals surface area contributed by atoms with Gasteiger partial charge in [0.1, 0.15) is 11.3 Å². The molecule has 0 spiro atoms. The lowest BCUT2D eigenvalue weighted by Gasteiger charge is -2.06. The number of nitrogens with one attached hydrogen (secondary N) is 1. The van der Waals surface area contributed by atoms with E-state index >= 15 is 0 Å². The van der Waals surface area contributed by atoms with E-state index in [-0.39, 0.29) is 21.8 Å². The summed E-state index contributed by atoms with van der Waals surface area (Å²) in [7, 11) is -4.17. The first-order chi connectivity index (χ1) is 13.6. The number of carbonyl (C=O) groups is 3. The van der Waals surface area contributed by atoms with Crippen LogP contribution in [0.15, 0.2) is 57.6 Å². The molecule has 0 unspecified atom stereocenters. The molecular formula is C17H15N3O8S. The Hall–Kier alpha value is -3.80. The number of aromatic carboxylic acids is 1. The Morgan fingerprint density at radius 2 is 1.48 bits per heavy atom. The smallest absolute Gasteiger partial charge is 0.339 e. The van der Waals surface area contributed by atoms with Crippen molar-refractivity contribution in [2.75, 3.05) is 0 Å². The molecule has 2 aromatic carbocycles. The predicted octanol–water partition coefficient (Wildman–Crippen LogP) is 2.18. The summed E-state index contributed by atoms with van der Waals surface area (Å²) in [5, 5.41) is 34.6. The molecule has 0 atom stereocenters. The monoisotopic (exact) mass is 421 g/mol. The van der Waals surface area contributed by atoms with Gasteiger partial charge in [0.25, 0.3) is 10.0 Å². The van der Waals surface area contributed by atoms with Gasteiger partial charge in [0, 0.05) is 6.42 Å². The molecule has 0 aliphatic heterocycles. The fourth-order valence-electron chi connectivity index (χ4n) is 2.05. The van der Waals surface area contributed by atoms with Crippen LogP contribution in [0.5, 0.6) is 5.75 Å². The van der Waals surface area contributed by atoms with Crippen molar-refractivity contribution in [1.29, 1.82) is 0 Å². The number of phenols is 1. The number of hydrogen-bond acceptors (Lipinski definition) is 8. The zero-order valence-corrected chi connectivity index (χ0v) is 15.5. The minimum Gasteiger partial charge on any atom is -0.507 e. The summed E-state index contributed by atoms with van der Waals surface area (Å²) in [6.45, 7) is 0. The summed E-state index contributed by atoms with van der Waals surface area (Å²) in [5.41, 5.74) is 0.0511. The highest BCUT2D eigenvalue weighted by molar-refractivity contribution is 7.90. The molecule has 2 aromatic rings. The Bertz CT molecular complexity index is 1080. The topological polar surface area (TPSA) is 183 Å². The summed E-state index contributed by atoms with van der Waals surface area (Å²) in [6, 6.07) is 8.56.